The van der Waals surface area contributed by atoms with Crippen LogP contribution in [0.3, 0.4) is 0 Å². The van der Waals surface area contributed by atoms with Gasteiger partial charge >= 0.3 is 0 Å². The highest BCUT2D eigenvalue weighted by Crippen LogP contribution is 2.58. The Balaban J connectivity index is 4.75. The molecule has 0 saturated heterocycles. The predicted octanol–water partition coefficient (Wildman–Crippen LogP) is 6.23. The lowest BCUT2D eigenvalue weighted by atomic mass is 9.80. The number of para-hydroxylation sites is 1. The van der Waals surface area contributed by atoms with Crippen LogP contribution in [0.2, 0.25) is 0 Å². The van der Waals surface area contributed by atoms with Gasteiger partial charge in [-0.05, 0) is 80.9 Å². The van der Waals surface area contributed by atoms with Gasteiger partial charge in [-0.25, -0.2) is 0 Å². The number of ether oxygens (including phenoxy) is 9. The summed E-state index contributed by atoms with van der Waals surface area (Å²) in [6.45, 7) is 19.6. The van der Waals surface area contributed by atoms with Crippen molar-refractivity contribution in [3.8, 4) is 11.5 Å². The third kappa shape index (κ3) is 7.70. The third-order valence-corrected chi connectivity index (χ3v) is 7.11. The molecule has 1 aromatic carbocycles. The van der Waals surface area contributed by atoms with Gasteiger partial charge < -0.3 is 52.8 Å². The summed E-state index contributed by atoms with van der Waals surface area (Å²) in [5.74, 6) is -9.15. The smallest absolute Gasteiger partial charge is 0.290 e. The van der Waals surface area contributed by atoms with Crippen molar-refractivity contribution in [3.05, 3.63) is 23.8 Å². The van der Waals surface area contributed by atoms with Crippen LogP contribution in [0.4, 0.5) is 0 Å². The minimum absolute atomic E-state index is 0.0373. The maximum Gasteiger partial charge on any atom is 0.290 e. The Bertz CT molecular complexity index is 886. The highest BCUT2D eigenvalue weighted by molar-refractivity contribution is 5.48. The molecule has 0 saturated carbocycles. The zero-order valence-electron chi connectivity index (χ0n) is 28.9. The van der Waals surface area contributed by atoms with Crippen molar-refractivity contribution in [2.75, 3.05) is 59.5 Å². The number of unbranched alkanes of at least 4 members (excludes halogenated alkanes) is 1. The molecule has 1 unspecified atom stereocenters. The summed E-state index contributed by atoms with van der Waals surface area (Å²) in [5.41, 5.74) is 0.0373. The van der Waals surface area contributed by atoms with E-state index in [-0.39, 0.29) is 64.2 Å². The average molecular weight is 633 g/mol. The first kappa shape index (κ1) is 40.5. The van der Waals surface area contributed by atoms with Gasteiger partial charge in [-0.1, -0.05) is 25.8 Å². The van der Waals surface area contributed by atoms with E-state index in [2.05, 4.69) is 6.92 Å². The van der Waals surface area contributed by atoms with Gasteiger partial charge in [-0.3, -0.25) is 0 Å². The van der Waals surface area contributed by atoms with Crippen molar-refractivity contribution in [2.45, 2.75) is 118 Å². The van der Waals surface area contributed by atoms with E-state index in [0.717, 1.165) is 12.8 Å². The second-order valence-corrected chi connectivity index (χ2v) is 9.74. The molecule has 0 aliphatic heterocycles. The molecule has 44 heavy (non-hydrogen) atoms. The van der Waals surface area contributed by atoms with Gasteiger partial charge in [-0.2, -0.15) is 0 Å². The molecule has 0 spiro atoms. The fourth-order valence-electron chi connectivity index (χ4n) is 5.91. The van der Waals surface area contributed by atoms with Crippen LogP contribution in [0.15, 0.2) is 18.2 Å². The van der Waals surface area contributed by atoms with E-state index in [1.807, 2.05) is 34.6 Å². The average Bonchev–Trinajstić information content (AvgIpc) is 3.00. The first-order valence-electron chi connectivity index (χ1n) is 16.4. The minimum atomic E-state index is -2.21. The molecule has 0 bridgehead atoms. The van der Waals surface area contributed by atoms with Crippen LogP contribution in [0.25, 0.3) is 0 Å². The summed E-state index contributed by atoms with van der Waals surface area (Å²) < 4.78 is 60.2. The van der Waals surface area contributed by atoms with E-state index in [1.54, 1.807) is 39.8 Å². The van der Waals surface area contributed by atoms with Gasteiger partial charge in [0.2, 0.25) is 0 Å². The Morgan fingerprint density at radius 2 is 1.02 bits per heavy atom. The number of hydrogen-bond donors (Lipinski definition) is 2. The molecule has 0 radical (unpaired) electrons. The van der Waals surface area contributed by atoms with Crippen molar-refractivity contribution in [1.82, 2.24) is 0 Å². The Kier molecular flexibility index (Phi) is 18.3. The highest BCUT2D eigenvalue weighted by atomic mass is 16.9. The van der Waals surface area contributed by atoms with Gasteiger partial charge in [-0.15, -0.1) is 0 Å². The van der Waals surface area contributed by atoms with Crippen LogP contribution in [-0.2, 0) is 48.4 Å². The van der Waals surface area contributed by atoms with Crippen LogP contribution in [0.5, 0.6) is 11.5 Å². The molecule has 0 heterocycles. The van der Waals surface area contributed by atoms with Gasteiger partial charge in [0, 0.05) is 59.5 Å². The van der Waals surface area contributed by atoms with Gasteiger partial charge in [0.15, 0.2) is 11.5 Å². The van der Waals surface area contributed by atoms with Crippen LogP contribution in [0, 0.1) is 0 Å². The molecule has 11 nitrogen and oxygen atoms in total. The number of phenolic OH excluding ortho intramolecular Hbond substituents is 2. The van der Waals surface area contributed by atoms with Crippen molar-refractivity contribution in [2.24, 2.45) is 0 Å². The molecule has 1 atom stereocenters. The third-order valence-electron chi connectivity index (χ3n) is 7.11. The highest BCUT2D eigenvalue weighted by Gasteiger charge is 2.81. The number of rotatable bonds is 26. The van der Waals surface area contributed by atoms with Crippen molar-refractivity contribution in [3.63, 3.8) is 0 Å². The number of phenols is 2. The maximum absolute atomic E-state index is 11.4. The quantitative estimate of drug-likeness (QED) is 0.0893. The molecule has 2 N–H and O–H groups in total. The van der Waals surface area contributed by atoms with Crippen molar-refractivity contribution in [1.29, 1.82) is 0 Å². The second kappa shape index (κ2) is 19.9. The normalized spacial score (nSPS) is 13.9. The molecule has 0 amide bonds. The molecule has 0 aliphatic carbocycles. The van der Waals surface area contributed by atoms with Crippen LogP contribution in [-0.4, -0.2) is 93.1 Å². The summed E-state index contributed by atoms with van der Waals surface area (Å²) in [6, 6.07) is 4.52. The minimum Gasteiger partial charge on any atom is -0.504 e. The van der Waals surface area contributed by atoms with Crippen molar-refractivity contribution >= 4 is 0 Å². The van der Waals surface area contributed by atoms with E-state index < -0.39 is 35.0 Å². The molecule has 11 heteroatoms. The lowest BCUT2D eigenvalue weighted by molar-refractivity contribution is -0.557. The second-order valence-electron chi connectivity index (χ2n) is 9.74. The van der Waals surface area contributed by atoms with E-state index >= 15 is 0 Å². The summed E-state index contributed by atoms with van der Waals surface area (Å²) >= 11 is 0. The zero-order chi connectivity index (χ0) is 33.3. The monoisotopic (exact) mass is 632 g/mol. The number of aromatic hydroxyl groups is 2. The lowest BCUT2D eigenvalue weighted by Gasteiger charge is -2.61. The SMILES string of the molecule is CCCCC(OCC)C(OCC)(OCC)C(OCC)(OCC)C(OCC)(OCC)C(OCC)(OCC)c1cccc(O)c1O. The van der Waals surface area contributed by atoms with Crippen LogP contribution < -0.4 is 0 Å². The fourth-order valence-corrected chi connectivity index (χ4v) is 5.91. The molecule has 0 fully saturated rings. The molecule has 0 aliphatic rings. The standard InChI is InChI=1S/C33H60O11/c1-11-21-25-28(36-12-2)31(39-15-5,40-16-6)33(43-19-9,44-20-10)32(41-17-7,42-18-8)30(37-13-3,38-14-4)26-23-22-24-27(34)29(26)35/h22-24,28,34-35H,11-21,25H2,1-10H3. The summed E-state index contributed by atoms with van der Waals surface area (Å²) in [5, 5.41) is 22.2. The topological polar surface area (TPSA) is 124 Å². The summed E-state index contributed by atoms with van der Waals surface area (Å²) in [6.07, 6.45) is 1.44. The Labute approximate surface area is 265 Å². The van der Waals surface area contributed by atoms with Gasteiger partial charge in [0.1, 0.15) is 6.10 Å². The molecule has 1 aromatic rings. The summed E-state index contributed by atoms with van der Waals surface area (Å²) in [7, 11) is 0. The van der Waals surface area contributed by atoms with E-state index in [4.69, 9.17) is 42.6 Å². The number of benzene rings is 1. The van der Waals surface area contributed by atoms with Crippen molar-refractivity contribution < 1.29 is 52.8 Å². The molecular weight excluding hydrogens is 572 g/mol. The first-order chi connectivity index (χ1) is 21.2. The van der Waals surface area contributed by atoms with Gasteiger partial charge in [0.25, 0.3) is 23.1 Å². The largest absolute Gasteiger partial charge is 0.504 e. The molecular formula is C33H60O11. The van der Waals surface area contributed by atoms with Crippen LogP contribution in [0.1, 0.15) is 94.1 Å². The first-order valence-corrected chi connectivity index (χ1v) is 16.4. The van der Waals surface area contributed by atoms with E-state index in [9.17, 15) is 10.2 Å². The molecule has 0 aromatic heterocycles. The zero-order valence-corrected chi connectivity index (χ0v) is 28.9. The maximum atomic E-state index is 11.4. The van der Waals surface area contributed by atoms with E-state index in [0.29, 0.717) is 13.0 Å². The summed E-state index contributed by atoms with van der Waals surface area (Å²) in [4.78, 5) is 0. The molecule has 258 valence electrons. The van der Waals surface area contributed by atoms with E-state index in [1.165, 1.54) is 6.07 Å². The fraction of sp³-hybridized carbons (Fsp3) is 0.818. The Morgan fingerprint density at radius 3 is 1.43 bits per heavy atom. The van der Waals surface area contributed by atoms with Crippen LogP contribution >= 0.6 is 0 Å². The Hall–Kier alpha value is -1.54. The predicted molar refractivity (Wildman–Crippen MR) is 168 cm³/mol. The number of hydrogen-bond acceptors (Lipinski definition) is 11. The molecule has 1 rings (SSSR count). The lowest BCUT2D eigenvalue weighted by Crippen LogP contribution is -2.82. The van der Waals surface area contributed by atoms with Gasteiger partial charge in [0.05, 0.1) is 5.56 Å². The Morgan fingerprint density at radius 1 is 0.568 bits per heavy atom.